The second kappa shape index (κ2) is 8.01. The average molecular weight is 388 g/mol. The van der Waals surface area contributed by atoms with E-state index in [-0.39, 0.29) is 23.5 Å². The van der Waals surface area contributed by atoms with Gasteiger partial charge in [-0.05, 0) is 44.0 Å². The number of morpholine rings is 1. The van der Waals surface area contributed by atoms with E-state index in [4.69, 9.17) is 9.47 Å². The van der Waals surface area contributed by atoms with Gasteiger partial charge in [0.2, 0.25) is 0 Å². The number of likely N-dealkylation sites (tertiary alicyclic amines) is 2. The van der Waals surface area contributed by atoms with Gasteiger partial charge in [-0.3, -0.25) is 4.79 Å². The molecule has 1 amide bonds. The Balaban J connectivity index is 1.46. The number of carbonyl (C=O) groups excluding carboxylic acids is 1. The van der Waals surface area contributed by atoms with Crippen molar-refractivity contribution in [2.75, 3.05) is 65.4 Å². The maximum absolute atomic E-state index is 13.2. The first-order valence-electron chi connectivity index (χ1n) is 10.4. The molecule has 2 bridgehead atoms. The monoisotopic (exact) mass is 387 g/mol. The molecule has 0 saturated carbocycles. The molecule has 3 heterocycles. The van der Waals surface area contributed by atoms with Gasteiger partial charge in [-0.1, -0.05) is 6.07 Å². The minimum absolute atomic E-state index is 0.131. The van der Waals surface area contributed by atoms with Crippen molar-refractivity contribution in [3.8, 4) is 0 Å². The summed E-state index contributed by atoms with van der Waals surface area (Å²) in [6.07, 6.45) is 3.80. The van der Waals surface area contributed by atoms with Crippen LogP contribution < -0.4 is 4.90 Å². The summed E-state index contributed by atoms with van der Waals surface area (Å²) in [6.45, 7) is 5.38. The summed E-state index contributed by atoms with van der Waals surface area (Å²) < 4.78 is 11.6. The molecule has 3 fully saturated rings. The van der Waals surface area contributed by atoms with Crippen LogP contribution in [-0.4, -0.2) is 88.5 Å². The first-order chi connectivity index (χ1) is 13.5. The number of carbonyl (C=O) groups is 1. The van der Waals surface area contributed by atoms with E-state index in [0.29, 0.717) is 13.1 Å². The first-order valence-corrected chi connectivity index (χ1v) is 10.4. The van der Waals surface area contributed by atoms with Gasteiger partial charge < -0.3 is 24.2 Å². The molecular formula is C22H33N3O3. The second-order valence-corrected chi connectivity index (χ2v) is 8.84. The van der Waals surface area contributed by atoms with Crippen LogP contribution in [0.15, 0.2) is 24.3 Å². The lowest BCUT2D eigenvalue weighted by atomic mass is 9.74. The van der Waals surface area contributed by atoms with Gasteiger partial charge in [-0.25, -0.2) is 0 Å². The number of amides is 1. The summed E-state index contributed by atoms with van der Waals surface area (Å²) >= 11 is 0. The van der Waals surface area contributed by atoms with Crippen LogP contribution in [0.1, 0.15) is 29.6 Å². The largest absolute Gasteiger partial charge is 0.383 e. The third kappa shape index (κ3) is 3.78. The summed E-state index contributed by atoms with van der Waals surface area (Å²) in [5.41, 5.74) is 2.02. The molecule has 154 valence electrons. The van der Waals surface area contributed by atoms with Gasteiger partial charge in [-0.15, -0.1) is 0 Å². The molecule has 4 rings (SSSR count). The lowest BCUT2D eigenvalue weighted by Gasteiger charge is -2.44. The predicted octanol–water partition coefficient (Wildman–Crippen LogP) is 2.09. The molecule has 3 aliphatic heterocycles. The minimum atomic E-state index is 0.131. The van der Waals surface area contributed by atoms with Gasteiger partial charge in [0.25, 0.3) is 5.91 Å². The van der Waals surface area contributed by atoms with E-state index in [1.165, 1.54) is 12.8 Å². The molecule has 1 spiro atoms. The number of benzene rings is 1. The number of hydrogen-bond acceptors (Lipinski definition) is 5. The molecule has 0 aromatic heterocycles. The van der Waals surface area contributed by atoms with Crippen LogP contribution in [0.25, 0.3) is 0 Å². The Labute approximate surface area is 168 Å². The normalized spacial score (nSPS) is 30.0. The molecule has 3 atom stereocenters. The number of methoxy groups -OCH3 is 1. The van der Waals surface area contributed by atoms with E-state index >= 15 is 0 Å². The highest BCUT2D eigenvalue weighted by atomic mass is 16.5. The Hall–Kier alpha value is -1.63. The van der Waals surface area contributed by atoms with Gasteiger partial charge in [0.05, 0.1) is 18.8 Å². The lowest BCUT2D eigenvalue weighted by molar-refractivity contribution is -0.0665. The zero-order valence-corrected chi connectivity index (χ0v) is 17.4. The SMILES string of the molecule is COCCN1CCC[C@@]2(C[C@H]3CN(C(=O)c4cccc(N(C)C)c4)C[C@@H]2O3)C1. The predicted molar refractivity (Wildman–Crippen MR) is 110 cm³/mol. The van der Waals surface area contributed by atoms with Crippen molar-refractivity contribution in [3.05, 3.63) is 29.8 Å². The van der Waals surface area contributed by atoms with Gasteiger partial charge in [-0.2, -0.15) is 0 Å². The van der Waals surface area contributed by atoms with Crippen LogP contribution >= 0.6 is 0 Å². The van der Waals surface area contributed by atoms with E-state index in [9.17, 15) is 4.79 Å². The number of anilines is 1. The zero-order valence-electron chi connectivity index (χ0n) is 17.4. The van der Waals surface area contributed by atoms with Crippen molar-refractivity contribution in [1.82, 2.24) is 9.80 Å². The number of nitrogens with zero attached hydrogens (tertiary/aromatic N) is 3. The van der Waals surface area contributed by atoms with E-state index in [0.717, 1.165) is 43.9 Å². The molecule has 0 aliphatic carbocycles. The summed E-state index contributed by atoms with van der Waals surface area (Å²) in [5.74, 6) is 0.131. The van der Waals surface area contributed by atoms with Crippen molar-refractivity contribution >= 4 is 11.6 Å². The third-order valence-electron chi connectivity index (χ3n) is 6.68. The molecule has 1 aromatic carbocycles. The smallest absolute Gasteiger partial charge is 0.254 e. The number of ether oxygens (including phenoxy) is 2. The van der Waals surface area contributed by atoms with E-state index in [2.05, 4.69) is 4.90 Å². The zero-order chi connectivity index (χ0) is 19.7. The summed E-state index contributed by atoms with van der Waals surface area (Å²) in [5, 5.41) is 0. The maximum Gasteiger partial charge on any atom is 0.254 e. The van der Waals surface area contributed by atoms with Crippen molar-refractivity contribution in [2.24, 2.45) is 5.41 Å². The molecule has 3 saturated heterocycles. The molecule has 1 aromatic rings. The van der Waals surface area contributed by atoms with Crippen LogP contribution in [0.4, 0.5) is 5.69 Å². The number of hydrogen-bond donors (Lipinski definition) is 0. The highest BCUT2D eigenvalue weighted by Crippen LogP contribution is 2.47. The molecule has 3 aliphatic rings. The van der Waals surface area contributed by atoms with E-state index in [1.807, 2.05) is 48.2 Å². The molecule has 0 radical (unpaired) electrons. The van der Waals surface area contributed by atoms with Crippen molar-refractivity contribution < 1.29 is 14.3 Å². The summed E-state index contributed by atoms with van der Waals surface area (Å²) in [7, 11) is 5.77. The number of piperidine rings is 1. The Morgan fingerprint density at radius 2 is 2.21 bits per heavy atom. The topological polar surface area (TPSA) is 45.2 Å². The fraction of sp³-hybridized carbons (Fsp3) is 0.682. The average Bonchev–Trinajstić information content (AvgIpc) is 2.94. The van der Waals surface area contributed by atoms with Crippen LogP contribution in [-0.2, 0) is 9.47 Å². The van der Waals surface area contributed by atoms with Crippen molar-refractivity contribution in [2.45, 2.75) is 31.5 Å². The Morgan fingerprint density at radius 3 is 3.00 bits per heavy atom. The van der Waals surface area contributed by atoms with Crippen LogP contribution in [0.5, 0.6) is 0 Å². The van der Waals surface area contributed by atoms with Crippen LogP contribution in [0.2, 0.25) is 0 Å². The highest BCUT2D eigenvalue weighted by Gasteiger charge is 2.53. The van der Waals surface area contributed by atoms with Gasteiger partial charge in [0.15, 0.2) is 0 Å². The van der Waals surface area contributed by atoms with Gasteiger partial charge in [0.1, 0.15) is 0 Å². The summed E-state index contributed by atoms with van der Waals surface area (Å²) in [4.78, 5) is 19.8. The maximum atomic E-state index is 13.2. The van der Waals surface area contributed by atoms with Crippen LogP contribution in [0, 0.1) is 5.41 Å². The Kier molecular flexibility index (Phi) is 5.63. The van der Waals surface area contributed by atoms with Gasteiger partial charge in [0, 0.05) is 64.0 Å². The molecule has 28 heavy (non-hydrogen) atoms. The summed E-state index contributed by atoms with van der Waals surface area (Å²) in [6, 6.07) is 7.91. The Morgan fingerprint density at radius 1 is 1.36 bits per heavy atom. The third-order valence-corrected chi connectivity index (χ3v) is 6.68. The fourth-order valence-electron chi connectivity index (χ4n) is 5.24. The molecule has 6 nitrogen and oxygen atoms in total. The van der Waals surface area contributed by atoms with Crippen molar-refractivity contribution in [1.29, 1.82) is 0 Å². The number of rotatable bonds is 5. The van der Waals surface area contributed by atoms with E-state index < -0.39 is 0 Å². The van der Waals surface area contributed by atoms with E-state index in [1.54, 1.807) is 7.11 Å². The van der Waals surface area contributed by atoms with Crippen molar-refractivity contribution in [3.63, 3.8) is 0 Å². The quantitative estimate of drug-likeness (QED) is 0.774. The fourth-order valence-corrected chi connectivity index (χ4v) is 5.24. The molecule has 0 N–H and O–H groups in total. The molecule has 0 unspecified atom stereocenters. The minimum Gasteiger partial charge on any atom is -0.383 e. The van der Waals surface area contributed by atoms with Crippen LogP contribution in [0.3, 0.4) is 0 Å². The Bertz CT molecular complexity index is 710. The number of fused-ring (bicyclic) bond motifs is 3. The van der Waals surface area contributed by atoms with Gasteiger partial charge >= 0.3 is 0 Å². The molecule has 6 heteroatoms. The first kappa shape index (κ1) is 19.7. The second-order valence-electron chi connectivity index (χ2n) is 8.84. The highest BCUT2D eigenvalue weighted by molar-refractivity contribution is 5.95. The lowest BCUT2D eigenvalue weighted by Crippen LogP contribution is -2.52. The molecular weight excluding hydrogens is 354 g/mol. The standard InChI is InChI=1S/C22H33N3O3/c1-23(2)18-7-4-6-17(12-18)21(26)25-14-19-13-22(20(15-25)28-19)8-5-9-24(16-22)10-11-27-3/h4,6-7,12,19-20H,5,8-11,13-16H2,1-3H3/t19-,20-,22+/m0/s1.